The first-order chi connectivity index (χ1) is 11.5. The first-order valence-corrected chi connectivity index (χ1v) is 9.10. The van der Waals surface area contributed by atoms with E-state index in [1.54, 1.807) is 35.5 Å². The number of piperidine rings is 1. The number of nitrogens with zero attached hydrogens (tertiary/aromatic N) is 2. The molecule has 24 heavy (non-hydrogen) atoms. The Morgan fingerprint density at radius 2 is 2.12 bits per heavy atom. The maximum absolute atomic E-state index is 12.8. The summed E-state index contributed by atoms with van der Waals surface area (Å²) in [6, 6.07) is 7.00. The summed E-state index contributed by atoms with van der Waals surface area (Å²) in [4.78, 5) is 18.5. The van der Waals surface area contributed by atoms with Crippen LogP contribution < -0.4 is 4.74 Å². The van der Waals surface area contributed by atoms with Gasteiger partial charge in [0.15, 0.2) is 0 Å². The van der Waals surface area contributed by atoms with Gasteiger partial charge in [-0.05, 0) is 31.0 Å². The van der Waals surface area contributed by atoms with E-state index in [1.165, 1.54) is 0 Å². The van der Waals surface area contributed by atoms with Gasteiger partial charge in [0, 0.05) is 29.5 Å². The van der Waals surface area contributed by atoms with Crippen molar-refractivity contribution in [1.82, 2.24) is 9.88 Å². The zero-order valence-corrected chi connectivity index (χ0v) is 15.8. The summed E-state index contributed by atoms with van der Waals surface area (Å²) < 4.78 is 6.77. The minimum atomic E-state index is -0.103. The molecule has 1 aromatic carbocycles. The SMILES string of the molecule is O=C(c1cc(Br)ccc1Cl)N1CCCC(Oc2ccncc2Cl)C1. The van der Waals surface area contributed by atoms with Crippen molar-refractivity contribution in [1.29, 1.82) is 0 Å². The van der Waals surface area contributed by atoms with Crippen LogP contribution in [-0.2, 0) is 0 Å². The second-order valence-corrected chi connectivity index (χ2v) is 7.29. The summed E-state index contributed by atoms with van der Waals surface area (Å²) in [5, 5.41) is 0.916. The number of hydrogen-bond acceptors (Lipinski definition) is 3. The molecular weight excluding hydrogens is 415 g/mol. The Balaban J connectivity index is 1.72. The quantitative estimate of drug-likeness (QED) is 0.701. The van der Waals surface area contributed by atoms with E-state index in [0.29, 0.717) is 34.4 Å². The number of benzene rings is 1. The third-order valence-corrected chi connectivity index (χ3v) is 4.96. The Hall–Kier alpha value is -1.30. The Labute approximate surface area is 158 Å². The van der Waals surface area contributed by atoms with E-state index in [-0.39, 0.29) is 12.0 Å². The average molecular weight is 430 g/mol. The van der Waals surface area contributed by atoms with E-state index in [1.807, 2.05) is 6.07 Å². The monoisotopic (exact) mass is 428 g/mol. The summed E-state index contributed by atoms with van der Waals surface area (Å²) in [6.07, 6.45) is 4.81. The number of hydrogen-bond donors (Lipinski definition) is 0. The molecule has 0 bridgehead atoms. The van der Waals surface area contributed by atoms with Crippen molar-refractivity contribution in [2.45, 2.75) is 18.9 Å². The highest BCUT2D eigenvalue weighted by atomic mass is 79.9. The highest BCUT2D eigenvalue weighted by molar-refractivity contribution is 9.10. The summed E-state index contributed by atoms with van der Waals surface area (Å²) in [6.45, 7) is 1.19. The maximum atomic E-state index is 12.8. The molecule has 0 N–H and O–H groups in total. The van der Waals surface area contributed by atoms with Gasteiger partial charge in [0.05, 0.1) is 17.1 Å². The molecular formula is C17H15BrCl2N2O2. The van der Waals surface area contributed by atoms with Gasteiger partial charge in [0.2, 0.25) is 0 Å². The van der Waals surface area contributed by atoms with Gasteiger partial charge in [-0.15, -0.1) is 0 Å². The molecule has 1 unspecified atom stereocenters. The molecule has 1 fully saturated rings. The number of ether oxygens (including phenoxy) is 1. The highest BCUT2D eigenvalue weighted by Crippen LogP contribution is 2.27. The lowest BCUT2D eigenvalue weighted by molar-refractivity contribution is 0.0538. The number of likely N-dealkylation sites (tertiary alicyclic amines) is 1. The molecule has 0 aliphatic carbocycles. The maximum Gasteiger partial charge on any atom is 0.255 e. The first-order valence-electron chi connectivity index (χ1n) is 7.55. The van der Waals surface area contributed by atoms with Crippen LogP contribution in [0.5, 0.6) is 5.75 Å². The van der Waals surface area contributed by atoms with Crippen LogP contribution in [0.25, 0.3) is 0 Å². The standard InChI is InChI=1S/C17H15BrCl2N2O2/c18-11-3-4-14(19)13(8-11)17(23)22-7-1-2-12(10-22)24-16-5-6-21-9-15(16)20/h3-6,8-9,12H,1-2,7,10H2. The van der Waals surface area contributed by atoms with Crippen LogP contribution >= 0.6 is 39.1 Å². The topological polar surface area (TPSA) is 42.4 Å². The molecule has 1 amide bonds. The zero-order chi connectivity index (χ0) is 17.1. The number of carbonyl (C=O) groups is 1. The summed E-state index contributed by atoms with van der Waals surface area (Å²) in [5.41, 5.74) is 0.494. The molecule has 0 spiro atoms. The molecule has 4 nitrogen and oxygen atoms in total. The fourth-order valence-corrected chi connectivity index (χ4v) is 3.41. The number of amides is 1. The molecule has 126 valence electrons. The first kappa shape index (κ1) is 17.5. The number of pyridine rings is 1. The molecule has 2 aromatic rings. The van der Waals surface area contributed by atoms with Gasteiger partial charge in [-0.2, -0.15) is 0 Å². The molecule has 7 heteroatoms. The molecule has 1 aliphatic rings. The van der Waals surface area contributed by atoms with Gasteiger partial charge >= 0.3 is 0 Å². The van der Waals surface area contributed by atoms with Gasteiger partial charge in [-0.1, -0.05) is 39.1 Å². The zero-order valence-electron chi connectivity index (χ0n) is 12.7. The summed E-state index contributed by atoms with van der Waals surface area (Å²) in [7, 11) is 0. The lowest BCUT2D eigenvalue weighted by Gasteiger charge is -2.33. The predicted molar refractivity (Wildman–Crippen MR) is 98.0 cm³/mol. The Kier molecular flexibility index (Phi) is 5.64. The third-order valence-electron chi connectivity index (χ3n) is 3.85. The predicted octanol–water partition coefficient (Wildman–Crippen LogP) is 4.83. The van der Waals surface area contributed by atoms with Crippen molar-refractivity contribution in [2.75, 3.05) is 13.1 Å². The minimum Gasteiger partial charge on any atom is -0.487 e. The Bertz CT molecular complexity index is 757. The number of rotatable bonds is 3. The van der Waals surface area contributed by atoms with Crippen LogP contribution in [0.4, 0.5) is 0 Å². The minimum absolute atomic E-state index is 0.0876. The number of halogens is 3. The van der Waals surface area contributed by atoms with E-state index >= 15 is 0 Å². The molecule has 1 atom stereocenters. The lowest BCUT2D eigenvalue weighted by Crippen LogP contribution is -2.44. The fraction of sp³-hybridized carbons (Fsp3) is 0.294. The van der Waals surface area contributed by atoms with Crippen molar-refractivity contribution in [3.63, 3.8) is 0 Å². The van der Waals surface area contributed by atoms with Crippen LogP contribution in [0, 0.1) is 0 Å². The van der Waals surface area contributed by atoms with E-state index in [4.69, 9.17) is 27.9 Å². The molecule has 0 saturated carbocycles. The highest BCUT2D eigenvalue weighted by Gasteiger charge is 2.27. The third kappa shape index (κ3) is 4.02. The van der Waals surface area contributed by atoms with E-state index < -0.39 is 0 Å². The van der Waals surface area contributed by atoms with Crippen LogP contribution in [0.3, 0.4) is 0 Å². The van der Waals surface area contributed by atoms with E-state index in [0.717, 1.165) is 17.3 Å². The average Bonchev–Trinajstić information content (AvgIpc) is 2.59. The fourth-order valence-electron chi connectivity index (χ4n) is 2.69. The molecule has 3 rings (SSSR count). The number of aromatic nitrogens is 1. The molecule has 1 aromatic heterocycles. The van der Waals surface area contributed by atoms with Crippen molar-refractivity contribution >= 4 is 45.0 Å². The Morgan fingerprint density at radius 3 is 2.92 bits per heavy atom. The van der Waals surface area contributed by atoms with Gasteiger partial charge in [0.25, 0.3) is 5.91 Å². The smallest absolute Gasteiger partial charge is 0.255 e. The summed E-state index contributed by atoms with van der Waals surface area (Å²) in [5.74, 6) is 0.502. The van der Waals surface area contributed by atoms with Gasteiger partial charge in [-0.3, -0.25) is 9.78 Å². The number of carbonyl (C=O) groups excluding carboxylic acids is 1. The van der Waals surface area contributed by atoms with E-state index in [9.17, 15) is 4.79 Å². The van der Waals surface area contributed by atoms with Gasteiger partial charge in [0.1, 0.15) is 16.9 Å². The van der Waals surface area contributed by atoms with Crippen molar-refractivity contribution in [3.8, 4) is 5.75 Å². The van der Waals surface area contributed by atoms with Crippen molar-refractivity contribution in [3.05, 3.63) is 56.7 Å². The van der Waals surface area contributed by atoms with E-state index in [2.05, 4.69) is 20.9 Å². The molecule has 1 saturated heterocycles. The Morgan fingerprint density at radius 1 is 1.29 bits per heavy atom. The van der Waals surface area contributed by atoms with Crippen LogP contribution in [0.1, 0.15) is 23.2 Å². The van der Waals surface area contributed by atoms with Crippen molar-refractivity contribution in [2.24, 2.45) is 0 Å². The van der Waals surface area contributed by atoms with Gasteiger partial charge < -0.3 is 9.64 Å². The van der Waals surface area contributed by atoms with Crippen molar-refractivity contribution < 1.29 is 9.53 Å². The van der Waals surface area contributed by atoms with Crippen LogP contribution in [-0.4, -0.2) is 35.0 Å². The molecule has 0 radical (unpaired) electrons. The molecule has 1 aliphatic heterocycles. The van der Waals surface area contributed by atoms with Crippen LogP contribution in [0.15, 0.2) is 41.1 Å². The second kappa shape index (κ2) is 7.72. The lowest BCUT2D eigenvalue weighted by atomic mass is 10.1. The normalized spacial score (nSPS) is 17.6. The second-order valence-electron chi connectivity index (χ2n) is 5.56. The van der Waals surface area contributed by atoms with Gasteiger partial charge in [-0.25, -0.2) is 0 Å². The van der Waals surface area contributed by atoms with Crippen LogP contribution in [0.2, 0.25) is 10.0 Å². The molecule has 2 heterocycles. The largest absolute Gasteiger partial charge is 0.487 e. The summed E-state index contributed by atoms with van der Waals surface area (Å²) >= 11 is 15.6.